The molecule has 7 nitrogen and oxygen atoms in total. The number of aromatic carboxylic acids is 1. The van der Waals surface area contributed by atoms with Crippen molar-refractivity contribution in [3.8, 4) is 5.75 Å². The Bertz CT molecular complexity index is 1030. The number of ether oxygens (including phenoxy) is 1. The van der Waals surface area contributed by atoms with Crippen LogP contribution >= 0.6 is 24.0 Å². The fourth-order valence-electron chi connectivity index (χ4n) is 2.75. The molecule has 0 atom stereocenters. The summed E-state index contributed by atoms with van der Waals surface area (Å²) in [6.07, 6.45) is 1.78. The molecule has 1 heterocycles. The summed E-state index contributed by atoms with van der Waals surface area (Å²) in [6, 6.07) is 13.2. The zero-order valence-electron chi connectivity index (χ0n) is 16.0. The molecule has 2 aromatic carbocycles. The average molecular weight is 443 g/mol. The molecule has 0 radical (unpaired) electrons. The molecular formula is C21H18N2O5S2. The number of carbonyl (C=O) groups is 3. The van der Waals surface area contributed by atoms with Crippen molar-refractivity contribution in [3.63, 3.8) is 0 Å². The molecule has 1 aliphatic heterocycles. The molecule has 0 unspecified atom stereocenters. The van der Waals surface area contributed by atoms with Crippen LogP contribution < -0.4 is 10.1 Å². The van der Waals surface area contributed by atoms with Crippen LogP contribution in [0, 0.1) is 0 Å². The van der Waals surface area contributed by atoms with Crippen molar-refractivity contribution in [2.75, 3.05) is 19.0 Å². The van der Waals surface area contributed by atoms with Crippen LogP contribution in [0.4, 0.5) is 5.69 Å². The van der Waals surface area contributed by atoms with Crippen LogP contribution in [0.15, 0.2) is 53.4 Å². The molecule has 1 saturated heterocycles. The smallest absolute Gasteiger partial charge is 0.335 e. The molecule has 2 amide bonds. The van der Waals surface area contributed by atoms with Crippen LogP contribution in [0.25, 0.3) is 6.08 Å². The molecule has 154 valence electrons. The van der Waals surface area contributed by atoms with Crippen LogP contribution in [0.5, 0.6) is 5.75 Å². The van der Waals surface area contributed by atoms with Crippen LogP contribution in [-0.2, 0) is 9.59 Å². The van der Waals surface area contributed by atoms with Gasteiger partial charge in [0.2, 0.25) is 5.91 Å². The van der Waals surface area contributed by atoms with E-state index in [0.29, 0.717) is 20.7 Å². The SMILES string of the molecule is COc1ccccc1C=C1SC(=S)N(CCC(=O)Nc2ccc(C(=O)O)cc2)C1=O. The lowest BCUT2D eigenvalue weighted by Gasteiger charge is -2.14. The number of amides is 2. The quantitative estimate of drug-likeness (QED) is 0.499. The van der Waals surface area contributed by atoms with Gasteiger partial charge in [-0.15, -0.1) is 0 Å². The highest BCUT2D eigenvalue weighted by molar-refractivity contribution is 8.26. The van der Waals surface area contributed by atoms with Gasteiger partial charge in [-0.1, -0.05) is 42.2 Å². The van der Waals surface area contributed by atoms with E-state index in [2.05, 4.69) is 5.32 Å². The maximum absolute atomic E-state index is 12.7. The third-order valence-corrected chi connectivity index (χ3v) is 5.65. The number of carboxylic acids is 1. The van der Waals surface area contributed by atoms with E-state index in [1.807, 2.05) is 18.2 Å². The van der Waals surface area contributed by atoms with Crippen molar-refractivity contribution in [2.24, 2.45) is 0 Å². The summed E-state index contributed by atoms with van der Waals surface area (Å²) in [5, 5.41) is 11.6. The number of carboxylic acid groups (broad SMARTS) is 1. The van der Waals surface area contributed by atoms with Crippen molar-refractivity contribution in [1.29, 1.82) is 0 Å². The molecule has 2 N–H and O–H groups in total. The normalized spacial score (nSPS) is 14.8. The second kappa shape index (κ2) is 9.55. The number of carbonyl (C=O) groups excluding carboxylic acids is 2. The van der Waals surface area contributed by atoms with Crippen molar-refractivity contribution in [2.45, 2.75) is 6.42 Å². The predicted molar refractivity (Wildman–Crippen MR) is 120 cm³/mol. The van der Waals surface area contributed by atoms with Gasteiger partial charge in [-0.3, -0.25) is 14.5 Å². The van der Waals surface area contributed by atoms with Crippen LogP contribution in [0.1, 0.15) is 22.3 Å². The number of rotatable bonds is 7. The molecule has 0 bridgehead atoms. The number of nitrogens with zero attached hydrogens (tertiary/aromatic N) is 1. The van der Waals surface area contributed by atoms with E-state index in [9.17, 15) is 14.4 Å². The minimum absolute atomic E-state index is 0.0507. The highest BCUT2D eigenvalue weighted by Crippen LogP contribution is 2.34. The van der Waals surface area contributed by atoms with E-state index >= 15 is 0 Å². The number of para-hydroxylation sites is 1. The van der Waals surface area contributed by atoms with Gasteiger partial charge in [-0.25, -0.2) is 4.79 Å². The fourth-order valence-corrected chi connectivity index (χ4v) is 4.05. The van der Waals surface area contributed by atoms with E-state index in [4.69, 9.17) is 22.1 Å². The van der Waals surface area contributed by atoms with Crippen molar-refractivity contribution in [3.05, 3.63) is 64.6 Å². The lowest BCUT2D eigenvalue weighted by atomic mass is 10.2. The second-order valence-corrected chi connectivity index (χ2v) is 7.93. The summed E-state index contributed by atoms with van der Waals surface area (Å²) in [5.41, 5.74) is 1.38. The Kier molecular flexibility index (Phi) is 6.86. The molecule has 9 heteroatoms. The minimum Gasteiger partial charge on any atom is -0.496 e. The van der Waals surface area contributed by atoms with Crippen molar-refractivity contribution >= 4 is 57.8 Å². The monoisotopic (exact) mass is 442 g/mol. The summed E-state index contributed by atoms with van der Waals surface area (Å²) in [6.45, 7) is 0.146. The number of hydrogen-bond donors (Lipinski definition) is 2. The fraction of sp³-hybridized carbons (Fsp3) is 0.143. The molecule has 0 aromatic heterocycles. The number of anilines is 1. The van der Waals surface area contributed by atoms with Crippen LogP contribution in [0.2, 0.25) is 0 Å². The summed E-state index contributed by atoms with van der Waals surface area (Å²) < 4.78 is 5.69. The first-order chi connectivity index (χ1) is 14.4. The van der Waals surface area contributed by atoms with Gasteiger partial charge in [0.25, 0.3) is 5.91 Å². The minimum atomic E-state index is -1.04. The number of nitrogens with one attached hydrogen (secondary N) is 1. The first-order valence-electron chi connectivity index (χ1n) is 8.90. The van der Waals surface area contributed by atoms with Gasteiger partial charge < -0.3 is 15.2 Å². The topological polar surface area (TPSA) is 95.9 Å². The average Bonchev–Trinajstić information content (AvgIpc) is 3.00. The molecule has 1 aliphatic rings. The van der Waals surface area contributed by atoms with Gasteiger partial charge in [-0.05, 0) is 36.4 Å². The summed E-state index contributed by atoms with van der Waals surface area (Å²) >= 11 is 6.48. The molecule has 3 rings (SSSR count). The molecular weight excluding hydrogens is 424 g/mol. The molecule has 2 aromatic rings. The summed E-state index contributed by atoms with van der Waals surface area (Å²) in [7, 11) is 1.56. The first-order valence-corrected chi connectivity index (χ1v) is 10.1. The third-order valence-electron chi connectivity index (χ3n) is 4.28. The lowest BCUT2D eigenvalue weighted by molar-refractivity contribution is -0.122. The van der Waals surface area contributed by atoms with E-state index < -0.39 is 5.97 Å². The van der Waals surface area contributed by atoms with Gasteiger partial charge in [0.15, 0.2) is 0 Å². The van der Waals surface area contributed by atoms with Gasteiger partial charge in [0, 0.05) is 24.2 Å². The number of thiocarbonyl (C=S) groups is 1. The predicted octanol–water partition coefficient (Wildman–Crippen LogP) is 3.62. The number of benzene rings is 2. The molecule has 30 heavy (non-hydrogen) atoms. The Morgan fingerprint density at radius 2 is 1.90 bits per heavy atom. The summed E-state index contributed by atoms with van der Waals surface area (Å²) in [4.78, 5) is 37.7. The van der Waals surface area contributed by atoms with Crippen molar-refractivity contribution in [1.82, 2.24) is 4.90 Å². The van der Waals surface area contributed by atoms with E-state index in [-0.39, 0.29) is 30.3 Å². The number of methoxy groups -OCH3 is 1. The van der Waals surface area contributed by atoms with Gasteiger partial charge in [0.05, 0.1) is 17.6 Å². The van der Waals surface area contributed by atoms with E-state index in [1.165, 1.54) is 40.9 Å². The standard InChI is InChI=1S/C21H18N2O5S2/c1-28-16-5-3-2-4-14(16)12-17-19(25)23(21(29)30-17)11-10-18(24)22-15-8-6-13(7-9-15)20(26)27/h2-9,12H,10-11H2,1H3,(H,22,24)(H,26,27). The van der Waals surface area contributed by atoms with Crippen molar-refractivity contribution < 1.29 is 24.2 Å². The summed E-state index contributed by atoms with van der Waals surface area (Å²) in [5.74, 6) is -0.949. The Hall–Kier alpha value is -3.17. The maximum Gasteiger partial charge on any atom is 0.335 e. The largest absolute Gasteiger partial charge is 0.496 e. The maximum atomic E-state index is 12.7. The molecule has 0 saturated carbocycles. The Balaban J connectivity index is 1.61. The molecule has 0 spiro atoms. The highest BCUT2D eigenvalue weighted by atomic mass is 32.2. The third kappa shape index (κ3) is 5.05. The number of hydrogen-bond acceptors (Lipinski definition) is 6. The molecule has 0 aliphatic carbocycles. The lowest BCUT2D eigenvalue weighted by Crippen LogP contribution is -2.31. The Morgan fingerprint density at radius 1 is 1.20 bits per heavy atom. The Morgan fingerprint density at radius 3 is 2.57 bits per heavy atom. The Labute approximate surface area is 182 Å². The van der Waals surface area contributed by atoms with Gasteiger partial charge in [-0.2, -0.15) is 0 Å². The zero-order valence-corrected chi connectivity index (χ0v) is 17.6. The van der Waals surface area contributed by atoms with Gasteiger partial charge >= 0.3 is 5.97 Å². The second-order valence-electron chi connectivity index (χ2n) is 6.26. The van der Waals surface area contributed by atoms with E-state index in [1.54, 1.807) is 19.3 Å². The van der Waals surface area contributed by atoms with Crippen LogP contribution in [0.3, 0.4) is 0 Å². The van der Waals surface area contributed by atoms with Gasteiger partial charge in [0.1, 0.15) is 10.1 Å². The van der Waals surface area contributed by atoms with Crippen LogP contribution in [-0.4, -0.2) is 45.8 Å². The zero-order chi connectivity index (χ0) is 21.7. The van der Waals surface area contributed by atoms with E-state index in [0.717, 1.165) is 5.56 Å². The first kappa shape index (κ1) is 21.5. The highest BCUT2D eigenvalue weighted by Gasteiger charge is 2.32. The number of thioether (sulfide) groups is 1. The molecule has 1 fully saturated rings.